The van der Waals surface area contributed by atoms with Gasteiger partial charge in [-0.25, -0.2) is 5.32 Å². The summed E-state index contributed by atoms with van der Waals surface area (Å²) < 4.78 is 0. The zero-order valence-electron chi connectivity index (χ0n) is 7.40. The molecule has 0 aromatic carbocycles. The van der Waals surface area contributed by atoms with Crippen LogP contribution >= 0.6 is 0 Å². The van der Waals surface area contributed by atoms with Crippen molar-refractivity contribution in [3.63, 3.8) is 0 Å². The Bertz CT molecular complexity index is 44.7. The lowest BCUT2D eigenvalue weighted by Crippen LogP contribution is -2.07. The minimum Gasteiger partial charge on any atom is -0.242 e. The maximum absolute atomic E-state index is 4.40. The first kappa shape index (κ1) is 9.96. The first-order valence-electron chi connectivity index (χ1n) is 4.55. The van der Waals surface area contributed by atoms with Crippen molar-refractivity contribution >= 4 is 0 Å². The molecule has 1 radical (unpaired) electrons. The van der Waals surface area contributed by atoms with Crippen molar-refractivity contribution in [3.05, 3.63) is 0 Å². The van der Waals surface area contributed by atoms with E-state index >= 15 is 0 Å². The number of hydrogen-bond acceptors (Lipinski definition) is 0. The molecule has 0 fully saturated rings. The van der Waals surface area contributed by atoms with E-state index in [-0.39, 0.29) is 0 Å². The van der Waals surface area contributed by atoms with Crippen LogP contribution in [0.25, 0.3) is 0 Å². The number of hydrogen-bond donors (Lipinski definition) is 0. The molecule has 0 aliphatic heterocycles. The summed E-state index contributed by atoms with van der Waals surface area (Å²) in [5.74, 6) is 0. The van der Waals surface area contributed by atoms with Gasteiger partial charge in [0.2, 0.25) is 0 Å². The fraction of sp³-hybridized carbons (Fsp3) is 1.00. The third kappa shape index (κ3) is 7.96. The molecule has 0 amide bonds. The number of unbranched alkanes of at least 4 members (excludes halogenated alkanes) is 3. The van der Waals surface area contributed by atoms with Crippen LogP contribution in [0.1, 0.15) is 46.0 Å². The van der Waals surface area contributed by atoms with Crippen LogP contribution in [0, 0.1) is 0 Å². The minimum atomic E-state index is 1.08. The first-order valence-corrected chi connectivity index (χ1v) is 4.55. The summed E-state index contributed by atoms with van der Waals surface area (Å²) in [5.41, 5.74) is 0. The SMILES string of the molecule is CCCCC[N]CCCC. The Balaban J connectivity index is 2.65. The van der Waals surface area contributed by atoms with Crippen LogP contribution < -0.4 is 5.32 Å². The Morgan fingerprint density at radius 3 is 2.00 bits per heavy atom. The van der Waals surface area contributed by atoms with Gasteiger partial charge >= 0.3 is 0 Å². The van der Waals surface area contributed by atoms with Gasteiger partial charge in [-0.3, -0.25) is 0 Å². The fourth-order valence-electron chi connectivity index (χ4n) is 0.855. The average Bonchev–Trinajstić information content (AvgIpc) is 1.97. The quantitative estimate of drug-likeness (QED) is 0.485. The van der Waals surface area contributed by atoms with E-state index in [2.05, 4.69) is 19.2 Å². The van der Waals surface area contributed by atoms with Gasteiger partial charge in [-0.1, -0.05) is 33.1 Å². The van der Waals surface area contributed by atoms with Gasteiger partial charge in [0.05, 0.1) is 0 Å². The third-order valence-corrected chi connectivity index (χ3v) is 1.59. The van der Waals surface area contributed by atoms with Gasteiger partial charge in [-0.05, 0) is 12.8 Å². The van der Waals surface area contributed by atoms with Gasteiger partial charge in [0.25, 0.3) is 0 Å². The molecule has 0 bridgehead atoms. The lowest BCUT2D eigenvalue weighted by molar-refractivity contribution is 0.586. The maximum Gasteiger partial charge on any atom is 0.0133 e. The highest BCUT2D eigenvalue weighted by Gasteiger charge is 1.87. The highest BCUT2D eigenvalue weighted by molar-refractivity contribution is 4.46. The molecule has 0 unspecified atom stereocenters. The predicted molar refractivity (Wildman–Crippen MR) is 46.3 cm³/mol. The summed E-state index contributed by atoms with van der Waals surface area (Å²) in [4.78, 5) is 0. The van der Waals surface area contributed by atoms with E-state index in [4.69, 9.17) is 0 Å². The van der Waals surface area contributed by atoms with Gasteiger partial charge < -0.3 is 0 Å². The van der Waals surface area contributed by atoms with Crippen molar-refractivity contribution in [2.75, 3.05) is 13.1 Å². The summed E-state index contributed by atoms with van der Waals surface area (Å²) in [5, 5.41) is 4.40. The van der Waals surface area contributed by atoms with E-state index in [1.165, 1.54) is 32.1 Å². The molecule has 0 heterocycles. The largest absolute Gasteiger partial charge is 0.242 e. The van der Waals surface area contributed by atoms with Crippen molar-refractivity contribution in [3.8, 4) is 0 Å². The second-order valence-electron chi connectivity index (χ2n) is 2.73. The van der Waals surface area contributed by atoms with Crippen LogP contribution in [0.3, 0.4) is 0 Å². The van der Waals surface area contributed by atoms with E-state index in [0.717, 1.165) is 13.1 Å². The second-order valence-corrected chi connectivity index (χ2v) is 2.73. The van der Waals surface area contributed by atoms with Gasteiger partial charge in [0, 0.05) is 13.1 Å². The molecule has 0 N–H and O–H groups in total. The van der Waals surface area contributed by atoms with Crippen molar-refractivity contribution in [2.24, 2.45) is 0 Å². The first-order chi connectivity index (χ1) is 4.91. The number of rotatable bonds is 7. The maximum atomic E-state index is 4.40. The van der Waals surface area contributed by atoms with Crippen LogP contribution in [0.15, 0.2) is 0 Å². The summed E-state index contributed by atoms with van der Waals surface area (Å²) in [6.45, 7) is 6.61. The smallest absolute Gasteiger partial charge is 0.0133 e. The van der Waals surface area contributed by atoms with E-state index in [0.29, 0.717) is 0 Å². The third-order valence-electron chi connectivity index (χ3n) is 1.59. The molecular formula is C9H20N. The Hall–Kier alpha value is -0.0400. The molecule has 0 aromatic heterocycles. The van der Waals surface area contributed by atoms with Gasteiger partial charge in [0.15, 0.2) is 0 Å². The molecular weight excluding hydrogens is 122 g/mol. The normalized spacial score (nSPS) is 10.2. The average molecular weight is 142 g/mol. The molecule has 1 heteroatoms. The van der Waals surface area contributed by atoms with Crippen molar-refractivity contribution in [1.82, 2.24) is 5.32 Å². The Labute approximate surface area is 65.2 Å². The molecule has 0 aliphatic rings. The highest BCUT2D eigenvalue weighted by atomic mass is 14.8. The van der Waals surface area contributed by atoms with Crippen molar-refractivity contribution < 1.29 is 0 Å². The van der Waals surface area contributed by atoms with E-state index in [9.17, 15) is 0 Å². The summed E-state index contributed by atoms with van der Waals surface area (Å²) in [7, 11) is 0. The molecule has 0 atom stereocenters. The van der Waals surface area contributed by atoms with Crippen LogP contribution in [0.4, 0.5) is 0 Å². The Kier molecular flexibility index (Phi) is 8.92. The van der Waals surface area contributed by atoms with Crippen LogP contribution in [-0.2, 0) is 0 Å². The highest BCUT2D eigenvalue weighted by Crippen LogP contribution is 1.92. The lowest BCUT2D eigenvalue weighted by Gasteiger charge is -1.98. The topological polar surface area (TPSA) is 14.1 Å². The monoisotopic (exact) mass is 142 g/mol. The molecule has 10 heavy (non-hydrogen) atoms. The molecule has 0 rings (SSSR count). The molecule has 0 spiro atoms. The Morgan fingerprint density at radius 2 is 1.40 bits per heavy atom. The molecule has 61 valence electrons. The zero-order chi connectivity index (χ0) is 7.66. The minimum absolute atomic E-state index is 1.08. The number of nitrogens with zero attached hydrogens (tertiary/aromatic N) is 1. The van der Waals surface area contributed by atoms with Gasteiger partial charge in [0.1, 0.15) is 0 Å². The molecule has 0 saturated heterocycles. The lowest BCUT2D eigenvalue weighted by atomic mass is 10.2. The van der Waals surface area contributed by atoms with Crippen LogP contribution in [-0.4, -0.2) is 13.1 Å². The molecule has 1 nitrogen and oxygen atoms in total. The summed E-state index contributed by atoms with van der Waals surface area (Å²) >= 11 is 0. The van der Waals surface area contributed by atoms with Crippen molar-refractivity contribution in [1.29, 1.82) is 0 Å². The zero-order valence-corrected chi connectivity index (χ0v) is 7.40. The second kappa shape index (κ2) is 8.96. The van der Waals surface area contributed by atoms with Crippen molar-refractivity contribution in [2.45, 2.75) is 46.0 Å². The Morgan fingerprint density at radius 1 is 0.800 bits per heavy atom. The van der Waals surface area contributed by atoms with E-state index in [1.807, 2.05) is 0 Å². The fourth-order valence-corrected chi connectivity index (χ4v) is 0.855. The van der Waals surface area contributed by atoms with Gasteiger partial charge in [-0.15, -0.1) is 0 Å². The van der Waals surface area contributed by atoms with Gasteiger partial charge in [-0.2, -0.15) is 0 Å². The van der Waals surface area contributed by atoms with E-state index < -0.39 is 0 Å². The standard InChI is InChI=1S/C9H20N/c1-3-5-7-9-10-8-6-4-2/h3-9H2,1-2H3. The summed E-state index contributed by atoms with van der Waals surface area (Å²) in [6, 6.07) is 0. The predicted octanol–water partition coefficient (Wildman–Crippen LogP) is 2.58. The molecule has 0 saturated carbocycles. The van der Waals surface area contributed by atoms with Crippen LogP contribution in [0.5, 0.6) is 0 Å². The van der Waals surface area contributed by atoms with E-state index in [1.54, 1.807) is 0 Å². The van der Waals surface area contributed by atoms with Crippen LogP contribution in [0.2, 0.25) is 0 Å². The summed E-state index contributed by atoms with van der Waals surface area (Å²) in [6.07, 6.45) is 6.49. The molecule has 0 aromatic rings. The molecule has 0 aliphatic carbocycles.